The van der Waals surface area contributed by atoms with Crippen LogP contribution in [0.15, 0.2) is 48.5 Å². The van der Waals surface area contributed by atoms with Gasteiger partial charge in [0.05, 0.1) is 13.0 Å². The number of nitrogens with zero attached hydrogens (tertiary/aromatic N) is 3. The zero-order chi connectivity index (χ0) is 23.0. The molecule has 7 heteroatoms. The second-order valence-corrected chi connectivity index (χ2v) is 10.2. The van der Waals surface area contributed by atoms with Gasteiger partial charge in [0.15, 0.2) is 0 Å². The Morgan fingerprint density at radius 1 is 0.879 bits per heavy atom. The SMILES string of the molecule is Cc1ccc(CC(=O)N2CCN(CC(=O)Nc3cccc(CN4CCSCC4)c3)CC2)cc1. The number of carbonyl (C=O) groups is 2. The first-order chi connectivity index (χ1) is 16.0. The van der Waals surface area contributed by atoms with E-state index in [4.69, 9.17) is 0 Å². The fraction of sp³-hybridized carbons (Fsp3) is 0.462. The number of nitrogens with one attached hydrogen (secondary N) is 1. The van der Waals surface area contributed by atoms with Crippen LogP contribution < -0.4 is 5.32 Å². The summed E-state index contributed by atoms with van der Waals surface area (Å²) in [6, 6.07) is 16.3. The summed E-state index contributed by atoms with van der Waals surface area (Å²) in [4.78, 5) is 31.7. The van der Waals surface area contributed by atoms with E-state index >= 15 is 0 Å². The van der Waals surface area contributed by atoms with E-state index in [1.54, 1.807) is 0 Å². The Morgan fingerprint density at radius 2 is 1.61 bits per heavy atom. The molecule has 0 saturated carbocycles. The summed E-state index contributed by atoms with van der Waals surface area (Å²) >= 11 is 2.01. The van der Waals surface area contributed by atoms with E-state index in [1.165, 1.54) is 22.6 Å². The number of carbonyl (C=O) groups excluding carboxylic acids is 2. The van der Waals surface area contributed by atoms with Crippen LogP contribution in [-0.4, -0.2) is 83.8 Å². The van der Waals surface area contributed by atoms with Gasteiger partial charge in [-0.3, -0.25) is 19.4 Å². The van der Waals surface area contributed by atoms with Gasteiger partial charge < -0.3 is 10.2 Å². The van der Waals surface area contributed by atoms with Crippen molar-refractivity contribution in [3.05, 3.63) is 65.2 Å². The third-order valence-electron chi connectivity index (χ3n) is 6.29. The molecule has 0 aromatic heterocycles. The van der Waals surface area contributed by atoms with E-state index in [0.717, 1.165) is 44.0 Å². The summed E-state index contributed by atoms with van der Waals surface area (Å²) in [5.74, 6) is 2.55. The highest BCUT2D eigenvalue weighted by atomic mass is 32.2. The lowest BCUT2D eigenvalue weighted by Gasteiger charge is -2.34. The molecule has 4 rings (SSSR count). The summed E-state index contributed by atoms with van der Waals surface area (Å²) < 4.78 is 0. The van der Waals surface area contributed by atoms with Crippen LogP contribution in [0.25, 0.3) is 0 Å². The molecular weight excluding hydrogens is 432 g/mol. The van der Waals surface area contributed by atoms with Gasteiger partial charge >= 0.3 is 0 Å². The van der Waals surface area contributed by atoms with Gasteiger partial charge in [-0.05, 0) is 30.2 Å². The fourth-order valence-corrected chi connectivity index (χ4v) is 5.29. The predicted molar refractivity (Wildman–Crippen MR) is 136 cm³/mol. The quantitative estimate of drug-likeness (QED) is 0.680. The Morgan fingerprint density at radius 3 is 2.33 bits per heavy atom. The van der Waals surface area contributed by atoms with Crippen LogP contribution in [0.5, 0.6) is 0 Å². The molecular formula is C26H34N4O2S. The Balaban J connectivity index is 1.20. The number of hydrogen-bond acceptors (Lipinski definition) is 5. The van der Waals surface area contributed by atoms with E-state index in [0.29, 0.717) is 26.1 Å². The number of anilines is 1. The molecule has 0 radical (unpaired) electrons. The normalized spacial score (nSPS) is 17.7. The highest BCUT2D eigenvalue weighted by molar-refractivity contribution is 7.99. The molecule has 2 aromatic carbocycles. The van der Waals surface area contributed by atoms with Gasteiger partial charge in [0.25, 0.3) is 0 Å². The molecule has 2 heterocycles. The number of amides is 2. The van der Waals surface area contributed by atoms with E-state index in [2.05, 4.69) is 27.2 Å². The average Bonchev–Trinajstić information content (AvgIpc) is 2.82. The minimum Gasteiger partial charge on any atom is -0.340 e. The van der Waals surface area contributed by atoms with Crippen LogP contribution in [0.1, 0.15) is 16.7 Å². The largest absolute Gasteiger partial charge is 0.340 e. The van der Waals surface area contributed by atoms with Crippen molar-refractivity contribution in [3.8, 4) is 0 Å². The minimum absolute atomic E-state index is 0.000884. The molecule has 2 amide bonds. The number of aryl methyl sites for hydroxylation is 1. The molecule has 2 saturated heterocycles. The first kappa shape index (κ1) is 23.8. The van der Waals surface area contributed by atoms with Crippen molar-refractivity contribution in [1.29, 1.82) is 0 Å². The Labute approximate surface area is 201 Å². The molecule has 2 fully saturated rings. The molecule has 2 aromatic rings. The lowest BCUT2D eigenvalue weighted by atomic mass is 10.1. The van der Waals surface area contributed by atoms with Crippen LogP contribution >= 0.6 is 11.8 Å². The predicted octanol–water partition coefficient (Wildman–Crippen LogP) is 2.87. The van der Waals surface area contributed by atoms with Gasteiger partial charge in [0.2, 0.25) is 11.8 Å². The third kappa shape index (κ3) is 7.32. The highest BCUT2D eigenvalue weighted by Gasteiger charge is 2.22. The second-order valence-electron chi connectivity index (χ2n) is 8.96. The number of piperazine rings is 1. The number of rotatable bonds is 7. The van der Waals surface area contributed by atoms with E-state index in [9.17, 15) is 9.59 Å². The van der Waals surface area contributed by atoms with E-state index in [-0.39, 0.29) is 11.8 Å². The van der Waals surface area contributed by atoms with E-state index < -0.39 is 0 Å². The average molecular weight is 467 g/mol. The molecule has 0 bridgehead atoms. The molecule has 2 aliphatic rings. The maximum absolute atomic E-state index is 12.6. The molecule has 0 aliphatic carbocycles. The van der Waals surface area contributed by atoms with Crippen LogP contribution in [-0.2, 0) is 22.6 Å². The molecule has 176 valence electrons. The highest BCUT2D eigenvalue weighted by Crippen LogP contribution is 2.16. The Kier molecular flexibility index (Phi) is 8.42. The zero-order valence-electron chi connectivity index (χ0n) is 19.5. The molecule has 0 atom stereocenters. The van der Waals surface area contributed by atoms with Gasteiger partial charge in [-0.2, -0.15) is 11.8 Å². The van der Waals surface area contributed by atoms with Gasteiger partial charge in [0.1, 0.15) is 0 Å². The third-order valence-corrected chi connectivity index (χ3v) is 7.23. The maximum atomic E-state index is 12.6. The smallest absolute Gasteiger partial charge is 0.238 e. The van der Waals surface area contributed by atoms with Gasteiger partial charge in [-0.25, -0.2) is 0 Å². The number of benzene rings is 2. The van der Waals surface area contributed by atoms with Crippen molar-refractivity contribution in [3.63, 3.8) is 0 Å². The molecule has 6 nitrogen and oxygen atoms in total. The number of hydrogen-bond donors (Lipinski definition) is 1. The Bertz CT molecular complexity index is 936. The standard InChI is InChI=1S/C26H34N4O2S/c1-21-5-7-22(8-6-21)18-26(32)30-11-9-28(10-12-30)20-25(31)27-24-4-2-3-23(17-24)19-29-13-15-33-16-14-29/h2-8,17H,9-16,18-20H2,1H3,(H,27,31). The molecule has 33 heavy (non-hydrogen) atoms. The lowest BCUT2D eigenvalue weighted by molar-refractivity contribution is -0.132. The molecule has 0 unspecified atom stereocenters. The van der Waals surface area contributed by atoms with Crippen molar-refractivity contribution in [2.45, 2.75) is 19.9 Å². The lowest BCUT2D eigenvalue weighted by Crippen LogP contribution is -2.50. The summed E-state index contributed by atoms with van der Waals surface area (Å²) in [7, 11) is 0. The van der Waals surface area contributed by atoms with Crippen molar-refractivity contribution in [2.75, 3.05) is 62.6 Å². The zero-order valence-corrected chi connectivity index (χ0v) is 20.3. The summed E-state index contributed by atoms with van der Waals surface area (Å²) in [5.41, 5.74) is 4.34. The molecule has 2 aliphatic heterocycles. The van der Waals surface area contributed by atoms with Gasteiger partial charge in [0, 0.05) is 63.0 Å². The Hall–Kier alpha value is -2.35. The monoisotopic (exact) mass is 466 g/mol. The van der Waals surface area contributed by atoms with Crippen LogP contribution in [0.3, 0.4) is 0 Å². The summed E-state index contributed by atoms with van der Waals surface area (Å²) in [6.07, 6.45) is 0.438. The van der Waals surface area contributed by atoms with Crippen LogP contribution in [0.2, 0.25) is 0 Å². The summed E-state index contributed by atoms with van der Waals surface area (Å²) in [6.45, 7) is 8.37. The van der Waals surface area contributed by atoms with E-state index in [1.807, 2.05) is 60.0 Å². The van der Waals surface area contributed by atoms with Crippen molar-refractivity contribution < 1.29 is 9.59 Å². The first-order valence-electron chi connectivity index (χ1n) is 11.8. The number of thioether (sulfide) groups is 1. The molecule has 1 N–H and O–H groups in total. The summed E-state index contributed by atoms with van der Waals surface area (Å²) in [5, 5.41) is 3.05. The maximum Gasteiger partial charge on any atom is 0.238 e. The molecule has 0 spiro atoms. The van der Waals surface area contributed by atoms with Crippen molar-refractivity contribution in [2.24, 2.45) is 0 Å². The van der Waals surface area contributed by atoms with Gasteiger partial charge in [-0.1, -0.05) is 42.0 Å². The fourth-order valence-electron chi connectivity index (χ4n) is 4.32. The van der Waals surface area contributed by atoms with Crippen LogP contribution in [0.4, 0.5) is 5.69 Å². The topological polar surface area (TPSA) is 55.9 Å². The van der Waals surface area contributed by atoms with Crippen molar-refractivity contribution in [1.82, 2.24) is 14.7 Å². The minimum atomic E-state index is 0.000884. The van der Waals surface area contributed by atoms with Crippen LogP contribution in [0, 0.1) is 6.92 Å². The first-order valence-corrected chi connectivity index (χ1v) is 13.0. The van der Waals surface area contributed by atoms with Crippen molar-refractivity contribution >= 4 is 29.3 Å². The van der Waals surface area contributed by atoms with Gasteiger partial charge in [-0.15, -0.1) is 0 Å². The second kappa shape index (κ2) is 11.7.